The summed E-state index contributed by atoms with van der Waals surface area (Å²) in [6.45, 7) is 10.1. The third-order valence-electron chi connectivity index (χ3n) is 5.45. The highest BCUT2D eigenvalue weighted by Crippen LogP contribution is 2.29. The zero-order valence-electron chi connectivity index (χ0n) is 19.4. The molecule has 0 aliphatic carbocycles. The Labute approximate surface area is 191 Å². The maximum Gasteiger partial charge on any atom is 0.416 e. The molecule has 0 radical (unpaired) electrons. The third kappa shape index (κ3) is 7.88. The topological polar surface area (TPSA) is 78.7 Å². The van der Waals surface area contributed by atoms with Crippen LogP contribution in [0, 0.1) is 6.92 Å². The van der Waals surface area contributed by atoms with Crippen LogP contribution in [-0.4, -0.2) is 59.0 Å². The summed E-state index contributed by atoms with van der Waals surface area (Å²) in [6.07, 6.45) is -3.04. The minimum Gasteiger partial charge on any atom is -0.360 e. The second-order valence-corrected chi connectivity index (χ2v) is 7.90. The molecule has 1 N–H and O–H groups in total. The van der Waals surface area contributed by atoms with Crippen molar-refractivity contribution in [1.29, 1.82) is 0 Å². The molecular weight excluding hydrogens is 437 g/mol. The van der Waals surface area contributed by atoms with Crippen molar-refractivity contribution in [1.82, 2.24) is 15.0 Å². The SMILES string of the molecule is CCN(CC)CCCC(C)N(CC(=O)Nc1cc(C)on1)C(=O)c1ccc(C(F)(F)F)cc1. The molecule has 1 atom stereocenters. The Morgan fingerprint density at radius 1 is 1.15 bits per heavy atom. The number of nitrogens with one attached hydrogen (secondary N) is 1. The van der Waals surface area contributed by atoms with Crippen molar-refractivity contribution in [2.75, 3.05) is 31.5 Å². The first-order valence-corrected chi connectivity index (χ1v) is 11.0. The van der Waals surface area contributed by atoms with Crippen molar-refractivity contribution in [3.05, 3.63) is 47.2 Å². The summed E-state index contributed by atoms with van der Waals surface area (Å²) in [5, 5.41) is 6.29. The van der Waals surface area contributed by atoms with Crippen LogP contribution in [0.25, 0.3) is 0 Å². The second-order valence-electron chi connectivity index (χ2n) is 7.90. The first kappa shape index (κ1) is 26.4. The van der Waals surface area contributed by atoms with Gasteiger partial charge in [0.1, 0.15) is 12.3 Å². The largest absolute Gasteiger partial charge is 0.416 e. The summed E-state index contributed by atoms with van der Waals surface area (Å²) in [5.74, 6) is -0.230. The lowest BCUT2D eigenvalue weighted by Gasteiger charge is -2.29. The van der Waals surface area contributed by atoms with Crippen molar-refractivity contribution in [3.8, 4) is 0 Å². The lowest BCUT2D eigenvalue weighted by molar-refractivity contribution is -0.137. The summed E-state index contributed by atoms with van der Waals surface area (Å²) in [6, 6.07) is 5.26. The maximum atomic E-state index is 13.2. The van der Waals surface area contributed by atoms with Crippen molar-refractivity contribution >= 4 is 17.6 Å². The zero-order valence-corrected chi connectivity index (χ0v) is 19.4. The number of rotatable bonds is 11. The molecule has 0 fully saturated rings. The Morgan fingerprint density at radius 2 is 1.79 bits per heavy atom. The van der Waals surface area contributed by atoms with E-state index in [1.165, 1.54) is 4.90 Å². The molecule has 182 valence electrons. The monoisotopic (exact) mass is 468 g/mol. The van der Waals surface area contributed by atoms with E-state index in [1.54, 1.807) is 13.0 Å². The normalized spacial score (nSPS) is 12.6. The van der Waals surface area contributed by atoms with E-state index in [-0.39, 0.29) is 24.0 Å². The average molecular weight is 469 g/mol. The molecule has 0 saturated heterocycles. The molecule has 10 heteroatoms. The van der Waals surface area contributed by atoms with Gasteiger partial charge in [-0.1, -0.05) is 19.0 Å². The van der Waals surface area contributed by atoms with Crippen LogP contribution >= 0.6 is 0 Å². The van der Waals surface area contributed by atoms with Gasteiger partial charge in [0.2, 0.25) is 5.91 Å². The van der Waals surface area contributed by atoms with Gasteiger partial charge in [0.05, 0.1) is 5.56 Å². The van der Waals surface area contributed by atoms with E-state index >= 15 is 0 Å². The van der Waals surface area contributed by atoms with Crippen LogP contribution in [0.3, 0.4) is 0 Å². The predicted molar refractivity (Wildman–Crippen MR) is 119 cm³/mol. The number of carbonyl (C=O) groups is 2. The fourth-order valence-electron chi connectivity index (χ4n) is 3.46. The van der Waals surface area contributed by atoms with Crippen LogP contribution in [0.1, 0.15) is 55.3 Å². The van der Waals surface area contributed by atoms with E-state index in [0.717, 1.165) is 50.3 Å². The molecule has 1 aromatic heterocycles. The summed E-state index contributed by atoms with van der Waals surface area (Å²) in [4.78, 5) is 29.4. The molecule has 0 spiro atoms. The van der Waals surface area contributed by atoms with Crippen molar-refractivity contribution in [3.63, 3.8) is 0 Å². The first-order chi connectivity index (χ1) is 15.5. The molecule has 0 aliphatic rings. The van der Waals surface area contributed by atoms with Crippen LogP contribution in [0.5, 0.6) is 0 Å². The van der Waals surface area contributed by atoms with E-state index < -0.39 is 23.6 Å². The van der Waals surface area contributed by atoms with Gasteiger partial charge in [-0.15, -0.1) is 0 Å². The van der Waals surface area contributed by atoms with E-state index in [0.29, 0.717) is 12.2 Å². The number of aryl methyl sites for hydroxylation is 1. The Bertz CT molecular complexity index is 908. The molecule has 1 unspecified atom stereocenters. The summed E-state index contributed by atoms with van der Waals surface area (Å²) in [5.41, 5.74) is -0.749. The smallest absolute Gasteiger partial charge is 0.360 e. The summed E-state index contributed by atoms with van der Waals surface area (Å²) >= 11 is 0. The van der Waals surface area contributed by atoms with Crippen molar-refractivity contribution < 1.29 is 27.3 Å². The Hall–Kier alpha value is -2.88. The van der Waals surface area contributed by atoms with Crippen LogP contribution in [0.2, 0.25) is 0 Å². The number of benzene rings is 1. The minimum atomic E-state index is -4.49. The zero-order chi connectivity index (χ0) is 24.6. The lowest BCUT2D eigenvalue weighted by Crippen LogP contribution is -2.44. The van der Waals surface area contributed by atoms with Gasteiger partial charge in [-0.05, 0) is 70.6 Å². The highest BCUT2D eigenvalue weighted by atomic mass is 19.4. The standard InChI is InChI=1S/C23H31F3N4O3/c1-5-29(6-2)13-7-8-16(3)30(15-21(31)27-20-14-17(4)33-28-20)22(32)18-9-11-19(12-10-18)23(24,25)26/h9-12,14,16H,5-8,13,15H2,1-4H3,(H,27,28,31). The number of anilines is 1. The van der Waals surface area contributed by atoms with Crippen LogP contribution in [-0.2, 0) is 11.0 Å². The number of nitrogens with zero attached hydrogens (tertiary/aromatic N) is 3. The fraction of sp³-hybridized carbons (Fsp3) is 0.522. The number of carbonyl (C=O) groups excluding carboxylic acids is 2. The Morgan fingerprint density at radius 3 is 2.30 bits per heavy atom. The first-order valence-electron chi connectivity index (χ1n) is 11.0. The van der Waals surface area contributed by atoms with E-state index in [9.17, 15) is 22.8 Å². The van der Waals surface area contributed by atoms with Gasteiger partial charge in [-0.3, -0.25) is 9.59 Å². The molecular formula is C23H31F3N4O3. The fourth-order valence-corrected chi connectivity index (χ4v) is 3.46. The number of hydrogen-bond acceptors (Lipinski definition) is 5. The molecule has 1 aromatic carbocycles. The van der Waals surface area contributed by atoms with Gasteiger partial charge < -0.3 is 19.6 Å². The van der Waals surface area contributed by atoms with E-state index in [4.69, 9.17) is 4.52 Å². The molecule has 2 rings (SSSR count). The Balaban J connectivity index is 2.15. The molecule has 0 saturated carbocycles. The third-order valence-corrected chi connectivity index (χ3v) is 5.45. The van der Waals surface area contributed by atoms with Gasteiger partial charge in [-0.2, -0.15) is 13.2 Å². The predicted octanol–water partition coefficient (Wildman–Crippen LogP) is 4.59. The number of alkyl halides is 3. The van der Waals surface area contributed by atoms with Crippen LogP contribution in [0.15, 0.2) is 34.9 Å². The molecule has 2 aromatic rings. The van der Waals surface area contributed by atoms with E-state index in [1.807, 2.05) is 6.92 Å². The van der Waals surface area contributed by atoms with Gasteiger partial charge in [0, 0.05) is 17.7 Å². The quantitative estimate of drug-likeness (QED) is 0.522. The van der Waals surface area contributed by atoms with Gasteiger partial charge in [-0.25, -0.2) is 0 Å². The number of halogens is 3. The van der Waals surface area contributed by atoms with Crippen LogP contribution < -0.4 is 5.32 Å². The Kier molecular flexibility index (Phi) is 9.45. The minimum absolute atomic E-state index is 0.0867. The molecule has 1 heterocycles. The highest BCUT2D eigenvalue weighted by molar-refractivity contribution is 5.99. The van der Waals surface area contributed by atoms with Crippen LogP contribution in [0.4, 0.5) is 19.0 Å². The summed E-state index contributed by atoms with van der Waals surface area (Å²) in [7, 11) is 0. The molecule has 33 heavy (non-hydrogen) atoms. The van der Waals surface area contributed by atoms with E-state index in [2.05, 4.69) is 29.2 Å². The average Bonchev–Trinajstić information content (AvgIpc) is 3.18. The molecule has 0 bridgehead atoms. The maximum absolute atomic E-state index is 13.2. The van der Waals surface area contributed by atoms with Crippen molar-refractivity contribution in [2.24, 2.45) is 0 Å². The number of aromatic nitrogens is 1. The van der Waals surface area contributed by atoms with Gasteiger partial charge in [0.25, 0.3) is 5.91 Å². The molecule has 7 nitrogen and oxygen atoms in total. The second kappa shape index (κ2) is 11.8. The lowest BCUT2D eigenvalue weighted by atomic mass is 10.1. The van der Waals surface area contributed by atoms with Gasteiger partial charge >= 0.3 is 6.18 Å². The summed E-state index contributed by atoms with van der Waals surface area (Å²) < 4.78 is 43.6. The number of hydrogen-bond donors (Lipinski definition) is 1. The van der Waals surface area contributed by atoms with Gasteiger partial charge in [0.15, 0.2) is 5.82 Å². The molecule has 2 amide bonds. The number of amides is 2. The highest BCUT2D eigenvalue weighted by Gasteiger charge is 2.31. The van der Waals surface area contributed by atoms with Crippen molar-refractivity contribution in [2.45, 2.75) is 52.8 Å². The molecule has 0 aliphatic heterocycles.